The Balaban J connectivity index is 1.53. The van der Waals surface area contributed by atoms with E-state index in [1.807, 2.05) is 30.3 Å². The zero-order chi connectivity index (χ0) is 16.4. The van der Waals surface area contributed by atoms with Gasteiger partial charge in [0.2, 0.25) is 0 Å². The summed E-state index contributed by atoms with van der Waals surface area (Å²) in [6.07, 6.45) is -0.0286. The van der Waals surface area contributed by atoms with Crippen LogP contribution in [0.15, 0.2) is 30.3 Å². The Kier molecular flexibility index (Phi) is 4.37. The molecule has 2 aliphatic rings. The van der Waals surface area contributed by atoms with Crippen LogP contribution >= 0.6 is 0 Å². The second-order valence-corrected chi connectivity index (χ2v) is 6.75. The van der Waals surface area contributed by atoms with Crippen molar-refractivity contribution < 1.29 is 18.7 Å². The number of ketones is 1. The maximum absolute atomic E-state index is 13.8. The summed E-state index contributed by atoms with van der Waals surface area (Å²) in [7, 11) is 0. The molecular weight excluding hydrogens is 297 g/mol. The van der Waals surface area contributed by atoms with Gasteiger partial charge in [-0.1, -0.05) is 37.3 Å². The molecule has 1 unspecified atom stereocenters. The Labute approximate surface area is 135 Å². The van der Waals surface area contributed by atoms with Crippen LogP contribution in [-0.2, 0) is 16.1 Å². The second-order valence-electron chi connectivity index (χ2n) is 6.75. The molecule has 4 nitrogen and oxygen atoms in total. The molecule has 1 saturated heterocycles. The lowest BCUT2D eigenvalue weighted by Gasteiger charge is -2.37. The number of piperidine rings is 1. The number of hydrogen-bond donors (Lipinski definition) is 0. The van der Waals surface area contributed by atoms with Crippen LogP contribution in [0.25, 0.3) is 0 Å². The van der Waals surface area contributed by atoms with Crippen molar-refractivity contribution in [1.29, 1.82) is 0 Å². The van der Waals surface area contributed by atoms with Gasteiger partial charge in [0.15, 0.2) is 12.0 Å². The maximum atomic E-state index is 13.8. The Hall–Kier alpha value is -1.91. The molecule has 5 heteroatoms. The van der Waals surface area contributed by atoms with Crippen LogP contribution in [0.2, 0.25) is 0 Å². The Morgan fingerprint density at radius 2 is 1.96 bits per heavy atom. The quantitative estimate of drug-likeness (QED) is 0.840. The summed E-state index contributed by atoms with van der Waals surface area (Å²) < 4.78 is 19.2. The van der Waals surface area contributed by atoms with Crippen molar-refractivity contribution in [3.8, 4) is 0 Å². The van der Waals surface area contributed by atoms with Gasteiger partial charge in [-0.05, 0) is 30.7 Å². The number of carbonyl (C=O) groups excluding carboxylic acids is 2. The molecule has 1 aromatic carbocycles. The first-order valence-electron chi connectivity index (χ1n) is 8.16. The highest BCUT2D eigenvalue weighted by molar-refractivity contribution is 5.91. The average molecular weight is 319 g/mol. The number of hydrogen-bond acceptors (Lipinski definition) is 3. The van der Waals surface area contributed by atoms with Gasteiger partial charge in [0.05, 0.1) is 0 Å². The van der Waals surface area contributed by atoms with E-state index >= 15 is 0 Å². The molecule has 2 fully saturated rings. The highest BCUT2D eigenvalue weighted by Gasteiger charge is 2.53. The number of likely N-dealkylation sites (tertiary alicyclic amines) is 1. The van der Waals surface area contributed by atoms with E-state index in [-0.39, 0.29) is 24.4 Å². The van der Waals surface area contributed by atoms with Crippen LogP contribution in [0, 0.1) is 11.3 Å². The number of ether oxygens (including phenoxy) is 1. The lowest BCUT2D eigenvalue weighted by molar-refractivity contribution is -0.132. The topological polar surface area (TPSA) is 46.6 Å². The van der Waals surface area contributed by atoms with Crippen LogP contribution in [0.4, 0.5) is 9.18 Å². The molecule has 0 aromatic heterocycles. The second kappa shape index (κ2) is 6.30. The monoisotopic (exact) mass is 319 g/mol. The number of nitrogens with zero attached hydrogens (tertiary/aromatic N) is 1. The van der Waals surface area contributed by atoms with Gasteiger partial charge in [0.1, 0.15) is 6.61 Å². The third kappa shape index (κ3) is 3.09. The molecule has 23 heavy (non-hydrogen) atoms. The summed E-state index contributed by atoms with van der Waals surface area (Å²) in [5.41, 5.74) is 0.379. The Morgan fingerprint density at radius 1 is 1.30 bits per heavy atom. The lowest BCUT2D eigenvalue weighted by Crippen LogP contribution is -2.45. The molecule has 1 aliphatic carbocycles. The van der Waals surface area contributed by atoms with Crippen LogP contribution < -0.4 is 0 Å². The van der Waals surface area contributed by atoms with Crippen molar-refractivity contribution >= 4 is 11.9 Å². The minimum Gasteiger partial charge on any atom is -0.445 e. The van der Waals surface area contributed by atoms with Crippen molar-refractivity contribution in [2.24, 2.45) is 11.3 Å². The fraction of sp³-hybridized carbons (Fsp3) is 0.556. The molecule has 0 N–H and O–H groups in total. The first kappa shape index (κ1) is 16.0. The van der Waals surface area contributed by atoms with E-state index in [1.54, 1.807) is 11.8 Å². The molecule has 1 spiro atoms. The van der Waals surface area contributed by atoms with Crippen LogP contribution in [0.1, 0.15) is 31.7 Å². The first-order chi connectivity index (χ1) is 11.0. The number of carbonyl (C=O) groups is 2. The molecular formula is C18H22FNO3. The molecule has 1 amide bonds. The molecule has 0 radical (unpaired) electrons. The Bertz CT molecular complexity index is 581. The fourth-order valence-electron chi connectivity index (χ4n) is 3.75. The first-order valence-corrected chi connectivity index (χ1v) is 8.16. The molecule has 1 aromatic rings. The zero-order valence-corrected chi connectivity index (χ0v) is 13.3. The minimum atomic E-state index is -1.34. The minimum absolute atomic E-state index is 0.209. The summed E-state index contributed by atoms with van der Waals surface area (Å²) in [5, 5.41) is 0. The number of amides is 1. The third-order valence-electron chi connectivity index (χ3n) is 5.17. The van der Waals surface area contributed by atoms with E-state index in [2.05, 4.69) is 0 Å². The molecule has 2 atom stereocenters. The highest BCUT2D eigenvalue weighted by atomic mass is 19.1. The predicted molar refractivity (Wildman–Crippen MR) is 83.6 cm³/mol. The number of benzene rings is 1. The normalized spacial score (nSPS) is 26.5. The average Bonchev–Trinajstić information content (AvgIpc) is 2.78. The summed E-state index contributed by atoms with van der Waals surface area (Å²) in [6.45, 7) is 2.94. The van der Waals surface area contributed by atoms with E-state index in [0.29, 0.717) is 32.4 Å². The van der Waals surface area contributed by atoms with Gasteiger partial charge >= 0.3 is 6.09 Å². The summed E-state index contributed by atoms with van der Waals surface area (Å²) >= 11 is 0. The largest absolute Gasteiger partial charge is 0.445 e. The summed E-state index contributed by atoms with van der Waals surface area (Å²) in [5.74, 6) is -0.471. The summed E-state index contributed by atoms with van der Waals surface area (Å²) in [4.78, 5) is 25.9. The smallest absolute Gasteiger partial charge is 0.410 e. The van der Waals surface area contributed by atoms with Gasteiger partial charge in [0.25, 0.3) is 0 Å². The van der Waals surface area contributed by atoms with E-state index in [1.165, 1.54) is 0 Å². The van der Waals surface area contributed by atoms with Gasteiger partial charge in [-0.25, -0.2) is 9.18 Å². The molecule has 1 heterocycles. The standard InChI is InChI=1S/C18H22FNO3/c1-13-11-18(16(21)15(13)19)7-9-20(10-8-18)17(22)23-12-14-5-3-2-4-6-14/h2-6,13,15H,7-12H2,1H3/t13-,15?/m1/s1. The number of rotatable bonds is 2. The lowest BCUT2D eigenvalue weighted by atomic mass is 9.76. The van der Waals surface area contributed by atoms with Gasteiger partial charge in [-0.3, -0.25) is 4.79 Å². The van der Waals surface area contributed by atoms with Gasteiger partial charge in [0, 0.05) is 18.5 Å². The fourth-order valence-corrected chi connectivity index (χ4v) is 3.75. The Morgan fingerprint density at radius 3 is 2.52 bits per heavy atom. The molecule has 3 rings (SSSR count). The van der Waals surface area contributed by atoms with Crippen molar-refractivity contribution in [1.82, 2.24) is 4.90 Å². The number of alkyl halides is 1. The highest BCUT2D eigenvalue weighted by Crippen LogP contribution is 2.47. The number of Topliss-reactive ketones (excluding diaryl/α,β-unsaturated/α-hetero) is 1. The van der Waals surface area contributed by atoms with E-state index in [4.69, 9.17) is 4.74 Å². The van der Waals surface area contributed by atoms with Gasteiger partial charge in [-0.2, -0.15) is 0 Å². The van der Waals surface area contributed by atoms with Crippen LogP contribution in [0.5, 0.6) is 0 Å². The number of halogens is 1. The third-order valence-corrected chi connectivity index (χ3v) is 5.17. The van der Waals surface area contributed by atoms with Crippen LogP contribution in [0.3, 0.4) is 0 Å². The predicted octanol–water partition coefficient (Wildman–Crippen LogP) is 3.35. The van der Waals surface area contributed by atoms with Crippen molar-refractivity contribution in [2.75, 3.05) is 13.1 Å². The maximum Gasteiger partial charge on any atom is 0.410 e. The van der Waals surface area contributed by atoms with Gasteiger partial charge in [-0.15, -0.1) is 0 Å². The van der Waals surface area contributed by atoms with Crippen molar-refractivity contribution in [2.45, 2.75) is 39.0 Å². The zero-order valence-electron chi connectivity index (χ0n) is 13.3. The molecule has 1 saturated carbocycles. The molecule has 124 valence electrons. The van der Waals surface area contributed by atoms with E-state index in [9.17, 15) is 14.0 Å². The van der Waals surface area contributed by atoms with E-state index < -0.39 is 11.6 Å². The van der Waals surface area contributed by atoms with Gasteiger partial charge < -0.3 is 9.64 Å². The summed E-state index contributed by atoms with van der Waals surface area (Å²) in [6, 6.07) is 9.51. The molecule has 0 bridgehead atoms. The molecule has 1 aliphatic heterocycles. The van der Waals surface area contributed by atoms with Crippen molar-refractivity contribution in [3.63, 3.8) is 0 Å². The van der Waals surface area contributed by atoms with Crippen LogP contribution in [-0.4, -0.2) is 36.0 Å². The van der Waals surface area contributed by atoms with Crippen molar-refractivity contribution in [3.05, 3.63) is 35.9 Å². The van der Waals surface area contributed by atoms with E-state index in [0.717, 1.165) is 5.56 Å². The SMILES string of the molecule is C[C@@H]1CC2(CCN(C(=O)OCc3ccccc3)CC2)C(=O)C1F.